The predicted molar refractivity (Wildman–Crippen MR) is 74.8 cm³/mol. The number of nitrogens with zero attached hydrogens (tertiary/aromatic N) is 4. The maximum absolute atomic E-state index is 4.30. The minimum atomic E-state index is 0.575. The van der Waals surface area contributed by atoms with Gasteiger partial charge in [0.15, 0.2) is 0 Å². The molecule has 5 nitrogen and oxygen atoms in total. The number of hydrogen-bond acceptors (Lipinski definition) is 4. The molecule has 0 saturated carbocycles. The first-order valence-electron chi connectivity index (χ1n) is 5.83. The van der Waals surface area contributed by atoms with Gasteiger partial charge in [-0.05, 0) is 28.8 Å². The molecular weight excluding hydrogens is 294 g/mol. The Kier molecular flexibility index (Phi) is 3.96. The summed E-state index contributed by atoms with van der Waals surface area (Å²) in [6, 6.07) is 0. The summed E-state index contributed by atoms with van der Waals surface area (Å²) < 4.78 is 2.80. The molecule has 0 aliphatic heterocycles. The van der Waals surface area contributed by atoms with Gasteiger partial charge in [0, 0.05) is 12.7 Å². The molecule has 6 heteroatoms. The summed E-state index contributed by atoms with van der Waals surface area (Å²) in [7, 11) is 0. The van der Waals surface area contributed by atoms with Crippen LogP contribution in [0.3, 0.4) is 0 Å². The summed E-state index contributed by atoms with van der Waals surface area (Å²) in [5.74, 6) is 1.33. The number of halogens is 1. The van der Waals surface area contributed by atoms with E-state index in [9.17, 15) is 0 Å². The van der Waals surface area contributed by atoms with Crippen LogP contribution >= 0.6 is 15.9 Å². The first kappa shape index (κ1) is 13.0. The SMILES string of the molecule is Cc1ncnc(Nc2cnn(CC(C)C)c2)c1Br. The van der Waals surface area contributed by atoms with Crippen LogP contribution in [0.4, 0.5) is 11.5 Å². The molecule has 0 aliphatic rings. The zero-order valence-corrected chi connectivity index (χ0v) is 12.3. The van der Waals surface area contributed by atoms with Gasteiger partial charge in [0.25, 0.3) is 0 Å². The van der Waals surface area contributed by atoms with E-state index in [4.69, 9.17) is 0 Å². The highest BCUT2D eigenvalue weighted by Gasteiger charge is 2.07. The molecule has 18 heavy (non-hydrogen) atoms. The van der Waals surface area contributed by atoms with Gasteiger partial charge in [0.2, 0.25) is 0 Å². The highest BCUT2D eigenvalue weighted by Crippen LogP contribution is 2.24. The van der Waals surface area contributed by atoms with Crippen LogP contribution in [-0.2, 0) is 6.54 Å². The molecule has 2 rings (SSSR count). The molecular formula is C12H16BrN5. The number of nitrogens with one attached hydrogen (secondary N) is 1. The molecule has 0 aromatic carbocycles. The Hall–Kier alpha value is -1.43. The lowest BCUT2D eigenvalue weighted by Gasteiger charge is -2.06. The van der Waals surface area contributed by atoms with Crippen molar-refractivity contribution in [2.45, 2.75) is 27.3 Å². The van der Waals surface area contributed by atoms with Crippen LogP contribution in [0, 0.1) is 12.8 Å². The molecule has 96 valence electrons. The molecule has 1 N–H and O–H groups in total. The lowest BCUT2D eigenvalue weighted by molar-refractivity contribution is 0.483. The van der Waals surface area contributed by atoms with Crippen molar-refractivity contribution in [1.82, 2.24) is 19.7 Å². The third kappa shape index (κ3) is 3.07. The third-order valence-electron chi connectivity index (χ3n) is 2.41. The molecule has 0 radical (unpaired) electrons. The van der Waals surface area contributed by atoms with Crippen molar-refractivity contribution in [3.63, 3.8) is 0 Å². The molecule has 0 unspecified atom stereocenters. The minimum absolute atomic E-state index is 0.575. The molecule has 0 saturated heterocycles. The van der Waals surface area contributed by atoms with Gasteiger partial charge in [-0.25, -0.2) is 9.97 Å². The first-order chi connectivity index (χ1) is 8.56. The van der Waals surface area contributed by atoms with Gasteiger partial charge in [-0.2, -0.15) is 5.10 Å². The van der Waals surface area contributed by atoms with Gasteiger partial charge >= 0.3 is 0 Å². The van der Waals surface area contributed by atoms with Crippen LogP contribution in [0.15, 0.2) is 23.2 Å². The van der Waals surface area contributed by atoms with Crippen molar-refractivity contribution < 1.29 is 0 Å². The Morgan fingerprint density at radius 1 is 1.39 bits per heavy atom. The highest BCUT2D eigenvalue weighted by atomic mass is 79.9. The van der Waals surface area contributed by atoms with E-state index >= 15 is 0 Å². The van der Waals surface area contributed by atoms with Crippen LogP contribution in [0.1, 0.15) is 19.5 Å². The van der Waals surface area contributed by atoms with Crippen LogP contribution in [0.5, 0.6) is 0 Å². The van der Waals surface area contributed by atoms with Crippen LogP contribution in [0.2, 0.25) is 0 Å². The summed E-state index contributed by atoms with van der Waals surface area (Å²) in [6.45, 7) is 7.17. The quantitative estimate of drug-likeness (QED) is 0.942. The maximum Gasteiger partial charge on any atom is 0.148 e. The van der Waals surface area contributed by atoms with Crippen molar-refractivity contribution in [3.05, 3.63) is 28.9 Å². The molecule has 2 aromatic rings. The van der Waals surface area contributed by atoms with Crippen LogP contribution in [0.25, 0.3) is 0 Å². The molecule has 0 amide bonds. The van der Waals surface area contributed by atoms with E-state index in [1.165, 1.54) is 0 Å². The van der Waals surface area contributed by atoms with E-state index in [0.29, 0.717) is 5.92 Å². The lowest BCUT2D eigenvalue weighted by Crippen LogP contribution is -2.04. The Labute approximate surface area is 115 Å². The molecule has 2 heterocycles. The smallest absolute Gasteiger partial charge is 0.148 e. The van der Waals surface area contributed by atoms with E-state index in [-0.39, 0.29) is 0 Å². The Bertz CT molecular complexity index is 535. The zero-order valence-electron chi connectivity index (χ0n) is 10.7. The summed E-state index contributed by atoms with van der Waals surface area (Å²) in [5, 5.41) is 7.53. The number of hydrogen-bond donors (Lipinski definition) is 1. The van der Waals surface area contributed by atoms with Gasteiger partial charge < -0.3 is 5.32 Å². The van der Waals surface area contributed by atoms with Gasteiger partial charge in [-0.3, -0.25) is 4.68 Å². The summed E-state index contributed by atoms with van der Waals surface area (Å²) in [4.78, 5) is 8.31. The second-order valence-electron chi connectivity index (χ2n) is 4.59. The Balaban J connectivity index is 2.14. The summed E-state index contributed by atoms with van der Waals surface area (Å²) in [5.41, 5.74) is 1.83. The lowest BCUT2D eigenvalue weighted by atomic mass is 10.2. The second kappa shape index (κ2) is 5.48. The van der Waals surface area contributed by atoms with Gasteiger partial charge in [-0.15, -0.1) is 0 Å². The van der Waals surface area contributed by atoms with Gasteiger partial charge in [-0.1, -0.05) is 13.8 Å². The first-order valence-corrected chi connectivity index (χ1v) is 6.62. The minimum Gasteiger partial charge on any atom is -0.337 e. The second-order valence-corrected chi connectivity index (χ2v) is 5.38. The summed E-state index contributed by atoms with van der Waals surface area (Å²) >= 11 is 3.47. The Morgan fingerprint density at radius 2 is 2.17 bits per heavy atom. The fourth-order valence-corrected chi connectivity index (χ4v) is 1.89. The van der Waals surface area contributed by atoms with Crippen LogP contribution in [-0.4, -0.2) is 19.7 Å². The molecule has 0 spiro atoms. The van der Waals surface area contributed by atoms with Crippen molar-refractivity contribution in [3.8, 4) is 0 Å². The molecule has 2 aromatic heterocycles. The van der Waals surface area contributed by atoms with E-state index in [2.05, 4.69) is 50.2 Å². The van der Waals surface area contributed by atoms with Gasteiger partial charge in [0.05, 0.1) is 22.1 Å². The number of aromatic nitrogens is 4. The van der Waals surface area contributed by atoms with Crippen molar-refractivity contribution in [1.29, 1.82) is 0 Å². The molecule has 0 aliphatic carbocycles. The fourth-order valence-electron chi connectivity index (χ4n) is 1.58. The van der Waals surface area contributed by atoms with E-state index in [0.717, 1.165) is 28.2 Å². The topological polar surface area (TPSA) is 55.6 Å². The highest BCUT2D eigenvalue weighted by molar-refractivity contribution is 9.10. The zero-order chi connectivity index (χ0) is 13.1. The standard InChI is InChI=1S/C12H16BrN5/c1-8(2)5-18-6-10(4-16-18)17-12-11(13)9(3)14-7-15-12/h4,6-8H,5H2,1-3H3,(H,14,15,17). The summed E-state index contributed by atoms with van der Waals surface area (Å²) in [6.07, 6.45) is 5.32. The number of anilines is 2. The average Bonchev–Trinajstić information content (AvgIpc) is 2.71. The maximum atomic E-state index is 4.30. The van der Waals surface area contributed by atoms with Gasteiger partial charge in [0.1, 0.15) is 12.1 Å². The van der Waals surface area contributed by atoms with E-state index in [1.807, 2.05) is 17.8 Å². The average molecular weight is 310 g/mol. The Morgan fingerprint density at radius 3 is 2.89 bits per heavy atom. The molecule has 0 bridgehead atoms. The predicted octanol–water partition coefficient (Wildman–Crippen LogP) is 3.14. The van der Waals surface area contributed by atoms with Crippen molar-refractivity contribution in [2.75, 3.05) is 5.32 Å². The third-order valence-corrected chi connectivity index (χ3v) is 3.36. The fraction of sp³-hybridized carbons (Fsp3) is 0.417. The molecule has 0 fully saturated rings. The number of rotatable bonds is 4. The van der Waals surface area contributed by atoms with Crippen LogP contribution < -0.4 is 5.32 Å². The van der Waals surface area contributed by atoms with Crippen molar-refractivity contribution >= 4 is 27.4 Å². The largest absolute Gasteiger partial charge is 0.337 e. The van der Waals surface area contributed by atoms with Crippen molar-refractivity contribution in [2.24, 2.45) is 5.92 Å². The van der Waals surface area contributed by atoms with E-state index < -0.39 is 0 Å². The molecule has 0 atom stereocenters. The number of aryl methyl sites for hydroxylation is 1. The van der Waals surface area contributed by atoms with E-state index in [1.54, 1.807) is 12.5 Å². The monoisotopic (exact) mass is 309 g/mol. The normalized spacial score (nSPS) is 10.9.